The van der Waals surface area contributed by atoms with Crippen LogP contribution in [0.5, 0.6) is 11.5 Å². The smallest absolute Gasteiger partial charge is 0.259 e. The Labute approximate surface area is 189 Å². The molecule has 1 fully saturated rings. The molecule has 1 aromatic rings. The van der Waals surface area contributed by atoms with Gasteiger partial charge in [-0.1, -0.05) is 27.7 Å². The van der Waals surface area contributed by atoms with Gasteiger partial charge < -0.3 is 18.5 Å². The Bertz CT molecular complexity index is 764. The molecule has 0 aromatic heterocycles. The van der Waals surface area contributed by atoms with Crippen LogP contribution in [0, 0.1) is 11.3 Å². The Hall–Kier alpha value is -0.680. The van der Waals surface area contributed by atoms with Crippen molar-refractivity contribution >= 4 is 30.1 Å². The van der Waals surface area contributed by atoms with E-state index < -0.39 is 8.53 Å². The summed E-state index contributed by atoms with van der Waals surface area (Å²) in [6.07, 6.45) is 0.302. The van der Waals surface area contributed by atoms with Gasteiger partial charge in [0.1, 0.15) is 0 Å². The highest BCUT2D eigenvalue weighted by Gasteiger charge is 2.48. The molecule has 0 N–H and O–H groups in total. The van der Waals surface area contributed by atoms with Crippen molar-refractivity contribution in [2.75, 3.05) is 13.4 Å². The van der Waals surface area contributed by atoms with Crippen molar-refractivity contribution in [3.05, 3.63) is 23.8 Å². The molecule has 0 aliphatic carbocycles. The van der Waals surface area contributed by atoms with Crippen molar-refractivity contribution in [1.29, 1.82) is 5.26 Å². The highest BCUT2D eigenvalue weighted by atomic mass is 33.1. The molecule has 1 aromatic carbocycles. The standard InChI is InChI=1S/C21H31N2O4PS2/c1-14(2)23(15(3)4)28(26-11-7-10-22)27-20-19(29-30-21(20,5)6)16-8-9-17-18(12-16)25-13-24-17/h8-9,12,14-15,19-20H,7,11,13H2,1-6H3/t19-,20+,28?/m1/s1. The molecular weight excluding hydrogens is 439 g/mol. The lowest BCUT2D eigenvalue weighted by molar-refractivity contribution is 0.114. The first-order chi connectivity index (χ1) is 14.2. The largest absolute Gasteiger partial charge is 0.454 e. The first-order valence-electron chi connectivity index (χ1n) is 10.2. The molecule has 2 heterocycles. The third-order valence-corrected chi connectivity index (χ3v) is 10.7. The molecule has 30 heavy (non-hydrogen) atoms. The summed E-state index contributed by atoms with van der Waals surface area (Å²) < 4.78 is 26.2. The van der Waals surface area contributed by atoms with Crippen molar-refractivity contribution in [2.24, 2.45) is 0 Å². The summed E-state index contributed by atoms with van der Waals surface area (Å²) in [5.74, 6) is 1.58. The molecule has 6 nitrogen and oxygen atoms in total. The van der Waals surface area contributed by atoms with E-state index in [4.69, 9.17) is 23.8 Å². The lowest BCUT2D eigenvalue weighted by Gasteiger charge is -2.39. The van der Waals surface area contributed by atoms with E-state index in [1.165, 1.54) is 5.56 Å². The molecule has 3 rings (SSSR count). The van der Waals surface area contributed by atoms with Crippen LogP contribution in [0.15, 0.2) is 18.2 Å². The summed E-state index contributed by atoms with van der Waals surface area (Å²) in [4.78, 5) is 0. The Morgan fingerprint density at radius 3 is 2.60 bits per heavy atom. The van der Waals surface area contributed by atoms with Gasteiger partial charge in [-0.25, -0.2) is 4.67 Å². The van der Waals surface area contributed by atoms with Crippen LogP contribution in [-0.2, 0) is 9.05 Å². The maximum atomic E-state index is 8.97. The van der Waals surface area contributed by atoms with Crippen molar-refractivity contribution in [3.63, 3.8) is 0 Å². The van der Waals surface area contributed by atoms with Gasteiger partial charge in [0, 0.05) is 16.8 Å². The number of ether oxygens (including phenoxy) is 2. The van der Waals surface area contributed by atoms with E-state index >= 15 is 0 Å². The zero-order valence-electron chi connectivity index (χ0n) is 18.5. The maximum absolute atomic E-state index is 8.97. The van der Waals surface area contributed by atoms with Crippen molar-refractivity contribution in [1.82, 2.24) is 4.67 Å². The lowest BCUT2D eigenvalue weighted by atomic mass is 9.97. The summed E-state index contributed by atoms with van der Waals surface area (Å²) in [6.45, 7) is 13.7. The van der Waals surface area contributed by atoms with Gasteiger partial charge in [0.05, 0.1) is 30.5 Å². The summed E-state index contributed by atoms with van der Waals surface area (Å²) in [7, 11) is 2.37. The first-order valence-corrected chi connectivity index (χ1v) is 13.6. The topological polar surface area (TPSA) is 64.0 Å². The molecule has 2 aliphatic rings. The van der Waals surface area contributed by atoms with Crippen LogP contribution < -0.4 is 9.47 Å². The van der Waals surface area contributed by atoms with Gasteiger partial charge in [-0.2, -0.15) is 5.26 Å². The van der Waals surface area contributed by atoms with Crippen LogP contribution >= 0.6 is 30.1 Å². The van der Waals surface area contributed by atoms with Crippen LogP contribution in [0.25, 0.3) is 0 Å². The average Bonchev–Trinajstić information content (AvgIpc) is 3.25. The molecule has 0 radical (unpaired) electrons. The number of hydrogen-bond donors (Lipinski definition) is 0. The number of nitrogens with zero attached hydrogens (tertiary/aromatic N) is 2. The fourth-order valence-electron chi connectivity index (χ4n) is 3.53. The third-order valence-electron chi connectivity index (χ3n) is 4.92. The summed E-state index contributed by atoms with van der Waals surface area (Å²) in [6, 6.07) is 8.86. The van der Waals surface area contributed by atoms with E-state index in [1.807, 2.05) is 27.7 Å². The van der Waals surface area contributed by atoms with E-state index in [0.29, 0.717) is 13.0 Å². The molecule has 0 saturated carbocycles. The second-order valence-electron chi connectivity index (χ2n) is 8.39. The van der Waals surface area contributed by atoms with Gasteiger partial charge >= 0.3 is 0 Å². The van der Waals surface area contributed by atoms with Crippen molar-refractivity contribution in [3.8, 4) is 17.6 Å². The van der Waals surface area contributed by atoms with Crippen LogP contribution in [0.4, 0.5) is 0 Å². The molecule has 0 amide bonds. The van der Waals surface area contributed by atoms with Gasteiger partial charge in [0.15, 0.2) is 11.5 Å². The highest BCUT2D eigenvalue weighted by molar-refractivity contribution is 8.77. The number of rotatable bonds is 9. The highest BCUT2D eigenvalue weighted by Crippen LogP contribution is 2.63. The molecule has 166 valence electrons. The third kappa shape index (κ3) is 5.38. The second kappa shape index (κ2) is 10.3. The lowest BCUT2D eigenvalue weighted by Crippen LogP contribution is -2.39. The number of nitriles is 1. The normalized spacial score (nSPS) is 23.3. The van der Waals surface area contributed by atoms with Gasteiger partial charge in [0.25, 0.3) is 8.53 Å². The summed E-state index contributed by atoms with van der Waals surface area (Å²) in [5, 5.41) is 9.11. The van der Waals surface area contributed by atoms with E-state index in [-0.39, 0.29) is 35.0 Å². The van der Waals surface area contributed by atoms with Crippen LogP contribution in [0.2, 0.25) is 0 Å². The number of hydrogen-bond acceptors (Lipinski definition) is 8. The van der Waals surface area contributed by atoms with Crippen LogP contribution in [-0.4, -0.2) is 41.0 Å². The second-order valence-corrected chi connectivity index (χ2v) is 12.8. The maximum Gasteiger partial charge on any atom is 0.259 e. The quantitative estimate of drug-likeness (QED) is 0.237. The minimum atomic E-state index is -1.31. The summed E-state index contributed by atoms with van der Waals surface area (Å²) >= 11 is 0. The zero-order valence-corrected chi connectivity index (χ0v) is 21.0. The molecule has 1 unspecified atom stereocenters. The molecule has 2 aliphatic heterocycles. The Balaban J connectivity index is 1.86. The van der Waals surface area contributed by atoms with E-state index in [2.05, 4.69) is 64.4 Å². The monoisotopic (exact) mass is 470 g/mol. The minimum absolute atomic E-state index is 0.0546. The first kappa shape index (κ1) is 24.0. The molecule has 3 atom stereocenters. The van der Waals surface area contributed by atoms with Gasteiger partial charge in [0.2, 0.25) is 6.79 Å². The van der Waals surface area contributed by atoms with Crippen LogP contribution in [0.3, 0.4) is 0 Å². The molecular formula is C21H31N2O4PS2. The Morgan fingerprint density at radius 2 is 1.93 bits per heavy atom. The van der Waals surface area contributed by atoms with E-state index in [0.717, 1.165) is 11.5 Å². The fourth-order valence-corrected chi connectivity index (χ4v) is 9.02. The molecule has 0 bridgehead atoms. The minimum Gasteiger partial charge on any atom is -0.454 e. The van der Waals surface area contributed by atoms with Gasteiger partial charge in [-0.3, -0.25) is 0 Å². The van der Waals surface area contributed by atoms with E-state index in [9.17, 15) is 0 Å². The summed E-state index contributed by atoms with van der Waals surface area (Å²) in [5.41, 5.74) is 1.17. The molecule has 0 spiro atoms. The fraction of sp³-hybridized carbons (Fsp3) is 0.667. The van der Waals surface area contributed by atoms with Gasteiger partial charge in [-0.15, -0.1) is 0 Å². The van der Waals surface area contributed by atoms with E-state index in [1.54, 1.807) is 0 Å². The zero-order chi connectivity index (χ0) is 21.9. The SMILES string of the molecule is CC(C)N(C(C)C)P(OCCC#N)O[C@H]1[C@@H](c2ccc3c(c2)OCO3)SSC1(C)C. The molecule has 9 heteroatoms. The number of benzene rings is 1. The van der Waals surface area contributed by atoms with Crippen LogP contribution in [0.1, 0.15) is 58.8 Å². The molecule has 1 saturated heterocycles. The Morgan fingerprint density at radius 1 is 1.23 bits per heavy atom. The van der Waals surface area contributed by atoms with Gasteiger partial charge in [-0.05, 0) is 59.2 Å². The van der Waals surface area contributed by atoms with Crippen molar-refractivity contribution in [2.45, 2.75) is 76.1 Å². The Kier molecular flexibility index (Phi) is 8.22. The number of fused-ring (bicyclic) bond motifs is 1. The average molecular weight is 471 g/mol. The van der Waals surface area contributed by atoms with Crippen molar-refractivity contribution < 1.29 is 18.5 Å². The predicted octanol–water partition coefficient (Wildman–Crippen LogP) is 6.29. The predicted molar refractivity (Wildman–Crippen MR) is 125 cm³/mol.